The van der Waals surface area contributed by atoms with Gasteiger partial charge in [0.25, 0.3) is 10.0 Å². The molecule has 4 nitrogen and oxygen atoms in total. The van der Waals surface area contributed by atoms with Gasteiger partial charge in [0, 0.05) is 17.5 Å². The summed E-state index contributed by atoms with van der Waals surface area (Å²) in [5.74, 6) is 0. The van der Waals surface area contributed by atoms with Crippen molar-refractivity contribution in [3.63, 3.8) is 0 Å². The highest BCUT2D eigenvalue weighted by Gasteiger charge is 2.16. The van der Waals surface area contributed by atoms with Crippen LogP contribution in [0, 0.1) is 6.92 Å². The zero-order chi connectivity index (χ0) is 16.3. The number of anilines is 1. The Balaban J connectivity index is 2.02. The molecule has 3 rings (SSSR count). The lowest BCUT2D eigenvalue weighted by atomic mass is 10.0. The maximum absolute atomic E-state index is 12.5. The first-order chi connectivity index (χ1) is 11.1. The summed E-state index contributed by atoms with van der Waals surface area (Å²) in [4.78, 5) is 4.42. The van der Waals surface area contributed by atoms with E-state index in [0.717, 1.165) is 16.8 Å². The topological polar surface area (TPSA) is 59.1 Å². The van der Waals surface area contributed by atoms with Gasteiger partial charge in [0.1, 0.15) is 0 Å². The van der Waals surface area contributed by atoms with Crippen LogP contribution in [-0.2, 0) is 10.0 Å². The van der Waals surface area contributed by atoms with Gasteiger partial charge in [-0.1, -0.05) is 36.4 Å². The van der Waals surface area contributed by atoms with Gasteiger partial charge in [0.05, 0.1) is 10.6 Å². The minimum Gasteiger partial charge on any atom is -0.279 e. The molecule has 0 unspecified atom stereocenters. The van der Waals surface area contributed by atoms with Gasteiger partial charge >= 0.3 is 0 Å². The smallest absolute Gasteiger partial charge is 0.261 e. The fourth-order valence-electron chi connectivity index (χ4n) is 2.34. The molecule has 116 valence electrons. The summed E-state index contributed by atoms with van der Waals surface area (Å²) >= 11 is 0. The van der Waals surface area contributed by atoms with Gasteiger partial charge in [-0.15, -0.1) is 0 Å². The normalized spacial score (nSPS) is 11.2. The van der Waals surface area contributed by atoms with Crippen LogP contribution < -0.4 is 4.72 Å². The Morgan fingerprint density at radius 2 is 1.61 bits per heavy atom. The molecule has 1 aromatic heterocycles. The van der Waals surface area contributed by atoms with Crippen LogP contribution in [0.2, 0.25) is 0 Å². The Hall–Kier alpha value is -2.66. The van der Waals surface area contributed by atoms with Gasteiger partial charge in [-0.25, -0.2) is 8.42 Å². The molecule has 0 aliphatic carbocycles. The van der Waals surface area contributed by atoms with E-state index in [-0.39, 0.29) is 4.90 Å². The van der Waals surface area contributed by atoms with Crippen LogP contribution in [0.15, 0.2) is 77.8 Å². The second kappa shape index (κ2) is 6.22. The second-order valence-corrected chi connectivity index (χ2v) is 6.83. The monoisotopic (exact) mass is 324 g/mol. The lowest BCUT2D eigenvalue weighted by Crippen LogP contribution is -2.13. The molecule has 1 heterocycles. The van der Waals surface area contributed by atoms with Crippen molar-refractivity contribution in [1.29, 1.82) is 0 Å². The Morgan fingerprint density at radius 3 is 2.35 bits per heavy atom. The predicted molar refractivity (Wildman–Crippen MR) is 91.7 cm³/mol. The van der Waals surface area contributed by atoms with Crippen LogP contribution in [0.25, 0.3) is 11.1 Å². The fraction of sp³-hybridized carbons (Fsp3) is 0.0556. The van der Waals surface area contributed by atoms with Crippen LogP contribution in [-0.4, -0.2) is 13.4 Å². The lowest BCUT2D eigenvalue weighted by Gasteiger charge is -2.13. The number of nitrogens with one attached hydrogen (secondary N) is 1. The number of benzene rings is 2. The molecule has 5 heteroatoms. The molecule has 0 saturated carbocycles. The SMILES string of the molecule is Cc1cc(-c2ccccc2NS(=O)(=O)c2ccccc2)ccn1. The van der Waals surface area contributed by atoms with E-state index in [9.17, 15) is 8.42 Å². The standard InChI is InChI=1S/C18H16N2O2S/c1-14-13-15(11-12-19-14)17-9-5-6-10-18(17)20-23(21,22)16-7-3-2-4-8-16/h2-13,20H,1H3. The molecule has 0 saturated heterocycles. The van der Waals surface area contributed by atoms with Crippen molar-refractivity contribution in [2.75, 3.05) is 4.72 Å². The van der Waals surface area contributed by atoms with Crippen molar-refractivity contribution >= 4 is 15.7 Å². The molecule has 0 aliphatic rings. The Bertz CT molecular complexity index is 923. The quantitative estimate of drug-likeness (QED) is 0.793. The zero-order valence-electron chi connectivity index (χ0n) is 12.6. The van der Waals surface area contributed by atoms with Crippen molar-refractivity contribution in [1.82, 2.24) is 4.98 Å². The van der Waals surface area contributed by atoms with Crippen LogP contribution in [0.4, 0.5) is 5.69 Å². The third-order valence-electron chi connectivity index (χ3n) is 3.43. The van der Waals surface area contributed by atoms with E-state index in [4.69, 9.17) is 0 Å². The molecule has 0 spiro atoms. The second-order valence-electron chi connectivity index (χ2n) is 5.15. The van der Waals surface area contributed by atoms with E-state index in [2.05, 4.69) is 9.71 Å². The fourth-order valence-corrected chi connectivity index (χ4v) is 3.44. The van der Waals surface area contributed by atoms with E-state index >= 15 is 0 Å². The van der Waals surface area contributed by atoms with Gasteiger partial charge in [0.15, 0.2) is 0 Å². The van der Waals surface area contributed by atoms with Crippen molar-refractivity contribution in [3.05, 3.63) is 78.6 Å². The maximum atomic E-state index is 12.5. The number of hydrogen-bond acceptors (Lipinski definition) is 3. The minimum atomic E-state index is -3.62. The molecule has 0 fully saturated rings. The highest BCUT2D eigenvalue weighted by Crippen LogP contribution is 2.29. The van der Waals surface area contributed by atoms with Gasteiger partial charge in [-0.2, -0.15) is 0 Å². The van der Waals surface area contributed by atoms with Crippen molar-refractivity contribution < 1.29 is 8.42 Å². The number of aromatic nitrogens is 1. The summed E-state index contributed by atoms with van der Waals surface area (Å²) in [6.45, 7) is 1.90. The molecular formula is C18H16N2O2S. The third kappa shape index (κ3) is 3.40. The summed E-state index contributed by atoms with van der Waals surface area (Å²) in [5, 5.41) is 0. The van der Waals surface area contributed by atoms with E-state index in [0.29, 0.717) is 5.69 Å². The molecule has 2 aromatic carbocycles. The number of nitrogens with zero attached hydrogens (tertiary/aromatic N) is 1. The highest BCUT2D eigenvalue weighted by molar-refractivity contribution is 7.92. The summed E-state index contributed by atoms with van der Waals surface area (Å²) in [6.07, 6.45) is 1.72. The van der Waals surface area contributed by atoms with Crippen molar-refractivity contribution in [3.8, 4) is 11.1 Å². The number of aryl methyl sites for hydroxylation is 1. The Kier molecular flexibility index (Phi) is 4.12. The molecule has 1 N–H and O–H groups in total. The largest absolute Gasteiger partial charge is 0.279 e. The average Bonchev–Trinajstić information content (AvgIpc) is 2.56. The Labute approximate surface area is 135 Å². The summed E-state index contributed by atoms with van der Waals surface area (Å²) in [5.41, 5.74) is 3.16. The first-order valence-electron chi connectivity index (χ1n) is 7.16. The van der Waals surface area contributed by atoms with Gasteiger partial charge in [-0.05, 0) is 42.8 Å². The number of pyridine rings is 1. The van der Waals surface area contributed by atoms with E-state index in [1.807, 2.05) is 31.2 Å². The zero-order valence-corrected chi connectivity index (χ0v) is 13.4. The summed E-state index contributed by atoms with van der Waals surface area (Å²) < 4.78 is 27.7. The highest BCUT2D eigenvalue weighted by atomic mass is 32.2. The lowest BCUT2D eigenvalue weighted by molar-refractivity contribution is 0.601. The van der Waals surface area contributed by atoms with Gasteiger partial charge < -0.3 is 0 Å². The summed E-state index contributed by atoms with van der Waals surface area (Å²) in [7, 11) is -3.62. The number of para-hydroxylation sites is 1. The predicted octanol–water partition coefficient (Wildman–Crippen LogP) is 3.86. The van der Waals surface area contributed by atoms with Gasteiger partial charge in [-0.3, -0.25) is 9.71 Å². The molecular weight excluding hydrogens is 308 g/mol. The minimum absolute atomic E-state index is 0.237. The molecule has 0 bridgehead atoms. The van der Waals surface area contributed by atoms with Crippen LogP contribution in [0.3, 0.4) is 0 Å². The van der Waals surface area contributed by atoms with Crippen molar-refractivity contribution in [2.24, 2.45) is 0 Å². The third-order valence-corrected chi connectivity index (χ3v) is 4.81. The van der Waals surface area contributed by atoms with E-state index in [1.54, 1.807) is 48.7 Å². The van der Waals surface area contributed by atoms with E-state index in [1.165, 1.54) is 0 Å². The molecule has 0 radical (unpaired) electrons. The van der Waals surface area contributed by atoms with Crippen molar-refractivity contribution in [2.45, 2.75) is 11.8 Å². The van der Waals surface area contributed by atoms with Crippen LogP contribution in [0.1, 0.15) is 5.69 Å². The molecule has 23 heavy (non-hydrogen) atoms. The Morgan fingerprint density at radius 1 is 0.913 bits per heavy atom. The van der Waals surface area contributed by atoms with Crippen LogP contribution in [0.5, 0.6) is 0 Å². The molecule has 0 aliphatic heterocycles. The molecule has 3 aromatic rings. The average molecular weight is 324 g/mol. The van der Waals surface area contributed by atoms with Gasteiger partial charge in [0.2, 0.25) is 0 Å². The van der Waals surface area contributed by atoms with E-state index < -0.39 is 10.0 Å². The first-order valence-corrected chi connectivity index (χ1v) is 8.64. The summed E-state index contributed by atoms with van der Waals surface area (Å²) in [6, 6.07) is 19.4. The van der Waals surface area contributed by atoms with Crippen LogP contribution >= 0.6 is 0 Å². The molecule has 0 atom stereocenters. The maximum Gasteiger partial charge on any atom is 0.261 e. The number of sulfonamides is 1. The number of hydrogen-bond donors (Lipinski definition) is 1. The molecule has 0 amide bonds. The number of rotatable bonds is 4. The first kappa shape index (κ1) is 15.2.